The Morgan fingerprint density at radius 2 is 1.76 bits per heavy atom. The summed E-state index contributed by atoms with van der Waals surface area (Å²) in [6.45, 7) is 5.98. The molecule has 0 fully saturated rings. The zero-order valence-corrected chi connectivity index (χ0v) is 14.0. The highest BCUT2D eigenvalue weighted by molar-refractivity contribution is 9.10. The molecule has 0 bridgehead atoms. The summed E-state index contributed by atoms with van der Waals surface area (Å²) in [5, 5.41) is 5.83. The molecular formula is C17H19BrN2O. The average molecular weight is 347 g/mol. The smallest absolute Gasteiger partial charge is 0.319 e. The Morgan fingerprint density at radius 1 is 1.10 bits per heavy atom. The molecule has 2 aromatic rings. The van der Waals surface area contributed by atoms with E-state index in [4.69, 9.17) is 0 Å². The van der Waals surface area contributed by atoms with Crippen molar-refractivity contribution >= 4 is 27.6 Å². The van der Waals surface area contributed by atoms with E-state index in [1.54, 1.807) is 0 Å². The number of benzene rings is 2. The quantitative estimate of drug-likeness (QED) is 0.811. The number of anilines is 1. The Hall–Kier alpha value is -1.81. The first-order valence-corrected chi connectivity index (χ1v) is 7.65. The number of rotatable bonds is 3. The summed E-state index contributed by atoms with van der Waals surface area (Å²) in [7, 11) is 0. The van der Waals surface area contributed by atoms with Crippen LogP contribution in [0, 0.1) is 13.8 Å². The van der Waals surface area contributed by atoms with Crippen molar-refractivity contribution < 1.29 is 4.79 Å². The predicted molar refractivity (Wildman–Crippen MR) is 90.6 cm³/mol. The molecule has 2 rings (SSSR count). The van der Waals surface area contributed by atoms with Gasteiger partial charge >= 0.3 is 6.03 Å². The molecule has 0 aliphatic carbocycles. The molecule has 2 aromatic carbocycles. The van der Waals surface area contributed by atoms with Gasteiger partial charge in [-0.25, -0.2) is 4.79 Å². The van der Waals surface area contributed by atoms with Gasteiger partial charge in [-0.2, -0.15) is 0 Å². The van der Waals surface area contributed by atoms with Crippen molar-refractivity contribution in [2.24, 2.45) is 0 Å². The highest BCUT2D eigenvalue weighted by Gasteiger charge is 2.10. The van der Waals surface area contributed by atoms with Gasteiger partial charge in [-0.05, 0) is 50.1 Å². The molecule has 1 atom stereocenters. The number of aryl methyl sites for hydroxylation is 2. The molecule has 110 valence electrons. The number of carbonyl (C=O) groups is 1. The largest absolute Gasteiger partial charge is 0.331 e. The monoisotopic (exact) mass is 346 g/mol. The number of nitrogens with one attached hydrogen (secondary N) is 2. The van der Waals surface area contributed by atoms with E-state index in [0.29, 0.717) is 0 Å². The molecule has 3 nitrogen and oxygen atoms in total. The second-order valence-corrected chi connectivity index (χ2v) is 6.11. The Labute approximate surface area is 133 Å². The highest BCUT2D eigenvalue weighted by Crippen LogP contribution is 2.18. The van der Waals surface area contributed by atoms with Crippen LogP contribution < -0.4 is 10.6 Å². The normalized spacial score (nSPS) is 11.8. The number of urea groups is 1. The molecule has 2 N–H and O–H groups in total. The fraction of sp³-hybridized carbons (Fsp3) is 0.235. The summed E-state index contributed by atoms with van der Waals surface area (Å²) in [5.41, 5.74) is 4.14. The minimum atomic E-state index is -0.197. The molecule has 0 saturated carbocycles. The van der Waals surface area contributed by atoms with E-state index >= 15 is 0 Å². The lowest BCUT2D eigenvalue weighted by atomic mass is 10.1. The first kappa shape index (κ1) is 15.6. The molecule has 4 heteroatoms. The third-order valence-electron chi connectivity index (χ3n) is 3.35. The van der Waals surface area contributed by atoms with Gasteiger partial charge in [0.2, 0.25) is 0 Å². The summed E-state index contributed by atoms with van der Waals surface area (Å²) in [4.78, 5) is 12.1. The van der Waals surface area contributed by atoms with E-state index in [9.17, 15) is 4.79 Å². The Kier molecular flexibility index (Phi) is 5.02. The van der Waals surface area contributed by atoms with Crippen LogP contribution in [-0.2, 0) is 0 Å². The lowest BCUT2D eigenvalue weighted by Gasteiger charge is -2.16. The van der Waals surface area contributed by atoms with Crippen molar-refractivity contribution in [3.63, 3.8) is 0 Å². The van der Waals surface area contributed by atoms with Crippen LogP contribution in [0.3, 0.4) is 0 Å². The van der Waals surface area contributed by atoms with Crippen LogP contribution in [0.5, 0.6) is 0 Å². The molecule has 0 aromatic heterocycles. The number of amides is 2. The highest BCUT2D eigenvalue weighted by atomic mass is 79.9. The van der Waals surface area contributed by atoms with Gasteiger partial charge in [-0.1, -0.05) is 45.8 Å². The van der Waals surface area contributed by atoms with Crippen molar-refractivity contribution in [2.75, 3.05) is 5.32 Å². The second kappa shape index (κ2) is 6.76. The summed E-state index contributed by atoms with van der Waals surface area (Å²) in [6.07, 6.45) is 0. The maximum absolute atomic E-state index is 12.1. The first-order valence-electron chi connectivity index (χ1n) is 6.86. The van der Waals surface area contributed by atoms with E-state index in [1.807, 2.05) is 63.2 Å². The van der Waals surface area contributed by atoms with Crippen LogP contribution in [-0.4, -0.2) is 6.03 Å². The first-order chi connectivity index (χ1) is 9.95. The lowest BCUT2D eigenvalue weighted by molar-refractivity contribution is 0.249. The second-order valence-electron chi connectivity index (χ2n) is 5.19. The van der Waals surface area contributed by atoms with Gasteiger partial charge in [0, 0.05) is 10.2 Å². The van der Waals surface area contributed by atoms with Crippen LogP contribution in [0.4, 0.5) is 10.5 Å². The zero-order valence-electron chi connectivity index (χ0n) is 12.4. The fourth-order valence-corrected chi connectivity index (χ4v) is 2.41. The van der Waals surface area contributed by atoms with Gasteiger partial charge in [0.1, 0.15) is 0 Å². The Bertz CT molecular complexity index is 638. The van der Waals surface area contributed by atoms with Crippen LogP contribution in [0.2, 0.25) is 0 Å². The third kappa shape index (κ3) is 4.33. The van der Waals surface area contributed by atoms with Crippen LogP contribution in [0.25, 0.3) is 0 Å². The van der Waals surface area contributed by atoms with E-state index in [-0.39, 0.29) is 12.1 Å². The van der Waals surface area contributed by atoms with Crippen LogP contribution >= 0.6 is 15.9 Å². The molecule has 1 unspecified atom stereocenters. The molecule has 2 amide bonds. The van der Waals surface area contributed by atoms with E-state index in [2.05, 4.69) is 26.6 Å². The molecule has 21 heavy (non-hydrogen) atoms. The van der Waals surface area contributed by atoms with Gasteiger partial charge in [-0.15, -0.1) is 0 Å². The van der Waals surface area contributed by atoms with Gasteiger partial charge in [-0.3, -0.25) is 0 Å². The van der Waals surface area contributed by atoms with Crippen LogP contribution in [0.15, 0.2) is 46.9 Å². The van der Waals surface area contributed by atoms with Crippen LogP contribution in [0.1, 0.15) is 29.7 Å². The summed E-state index contributed by atoms with van der Waals surface area (Å²) >= 11 is 3.40. The minimum Gasteiger partial charge on any atom is -0.331 e. The number of carbonyl (C=O) groups excluding carboxylic acids is 1. The summed E-state index contributed by atoms with van der Waals surface area (Å²) < 4.78 is 1.03. The minimum absolute atomic E-state index is 0.0520. The molecule has 0 radical (unpaired) electrons. The number of halogens is 1. The van der Waals surface area contributed by atoms with Crippen molar-refractivity contribution in [1.29, 1.82) is 0 Å². The topological polar surface area (TPSA) is 41.1 Å². The van der Waals surface area contributed by atoms with Crippen molar-refractivity contribution in [3.05, 3.63) is 63.6 Å². The molecule has 0 aliphatic heterocycles. The number of hydrogen-bond acceptors (Lipinski definition) is 1. The van der Waals surface area contributed by atoms with Gasteiger partial charge in [0.05, 0.1) is 6.04 Å². The van der Waals surface area contributed by atoms with Crippen molar-refractivity contribution in [3.8, 4) is 0 Å². The van der Waals surface area contributed by atoms with E-state index in [1.165, 1.54) is 5.56 Å². The lowest BCUT2D eigenvalue weighted by Crippen LogP contribution is -2.31. The summed E-state index contributed by atoms with van der Waals surface area (Å²) in [6, 6.07) is 13.6. The number of hydrogen-bond donors (Lipinski definition) is 2. The predicted octanol–water partition coefficient (Wildman–Crippen LogP) is 4.95. The Balaban J connectivity index is 1.99. The SMILES string of the molecule is Cc1ccc(NC(=O)NC(C)c2ccc(Br)cc2)c(C)c1. The van der Waals surface area contributed by atoms with Gasteiger partial charge in [0.15, 0.2) is 0 Å². The standard InChI is InChI=1S/C17H19BrN2O/c1-11-4-9-16(12(2)10-11)20-17(21)19-13(3)14-5-7-15(18)8-6-14/h4-10,13H,1-3H3,(H2,19,20,21). The zero-order chi connectivity index (χ0) is 15.4. The fourth-order valence-electron chi connectivity index (χ4n) is 2.14. The molecular weight excluding hydrogens is 328 g/mol. The Morgan fingerprint density at radius 3 is 2.38 bits per heavy atom. The van der Waals surface area contributed by atoms with E-state index in [0.717, 1.165) is 21.3 Å². The van der Waals surface area contributed by atoms with Gasteiger partial charge < -0.3 is 10.6 Å². The van der Waals surface area contributed by atoms with Gasteiger partial charge in [0.25, 0.3) is 0 Å². The van der Waals surface area contributed by atoms with E-state index < -0.39 is 0 Å². The maximum Gasteiger partial charge on any atom is 0.319 e. The molecule has 0 heterocycles. The molecule has 0 spiro atoms. The molecule has 0 aliphatic rings. The average Bonchev–Trinajstić information content (AvgIpc) is 2.42. The maximum atomic E-state index is 12.1. The van der Waals surface area contributed by atoms with Crippen molar-refractivity contribution in [2.45, 2.75) is 26.8 Å². The third-order valence-corrected chi connectivity index (χ3v) is 3.88. The molecule has 0 saturated heterocycles. The van der Waals surface area contributed by atoms with Crippen molar-refractivity contribution in [1.82, 2.24) is 5.32 Å². The summed E-state index contributed by atoms with van der Waals surface area (Å²) in [5.74, 6) is 0.